The molecular formula is C16H26FN3O. The summed E-state index contributed by atoms with van der Waals surface area (Å²) < 4.78 is 18.3. The first kappa shape index (κ1) is 17.4. The van der Waals surface area contributed by atoms with E-state index in [9.17, 15) is 4.39 Å². The molecule has 0 radical (unpaired) electrons. The van der Waals surface area contributed by atoms with Gasteiger partial charge in [0.1, 0.15) is 5.82 Å². The second-order valence-electron chi connectivity index (χ2n) is 4.77. The van der Waals surface area contributed by atoms with Crippen LogP contribution >= 0.6 is 0 Å². The average Bonchev–Trinajstić information content (AvgIpc) is 2.50. The van der Waals surface area contributed by atoms with Gasteiger partial charge in [-0.25, -0.2) is 4.39 Å². The number of rotatable bonds is 9. The SMILES string of the molecule is CCCCOCCNC(=NC)NCCc1ccc(F)cc1. The molecule has 1 aromatic rings. The van der Waals surface area contributed by atoms with E-state index in [-0.39, 0.29) is 5.82 Å². The Labute approximate surface area is 126 Å². The summed E-state index contributed by atoms with van der Waals surface area (Å²) in [5.41, 5.74) is 1.10. The molecule has 0 bridgehead atoms. The van der Waals surface area contributed by atoms with Gasteiger partial charge in [0.05, 0.1) is 6.61 Å². The number of guanidine groups is 1. The lowest BCUT2D eigenvalue weighted by Crippen LogP contribution is -2.39. The van der Waals surface area contributed by atoms with Crippen molar-refractivity contribution in [2.45, 2.75) is 26.2 Å². The number of unbranched alkanes of at least 4 members (excludes halogenated alkanes) is 1. The summed E-state index contributed by atoms with van der Waals surface area (Å²) in [6.07, 6.45) is 3.08. The normalized spacial score (nSPS) is 11.5. The van der Waals surface area contributed by atoms with Crippen LogP contribution in [0.15, 0.2) is 29.3 Å². The van der Waals surface area contributed by atoms with E-state index in [0.29, 0.717) is 6.61 Å². The lowest BCUT2D eigenvalue weighted by Gasteiger charge is -2.12. The molecule has 0 spiro atoms. The zero-order chi connectivity index (χ0) is 15.3. The molecule has 0 saturated heterocycles. The summed E-state index contributed by atoms with van der Waals surface area (Å²) in [5, 5.41) is 6.42. The Kier molecular flexibility index (Phi) is 9.20. The Morgan fingerprint density at radius 1 is 1.14 bits per heavy atom. The molecule has 0 heterocycles. The minimum Gasteiger partial charge on any atom is -0.380 e. The molecule has 0 amide bonds. The zero-order valence-electron chi connectivity index (χ0n) is 13.0. The van der Waals surface area contributed by atoms with Gasteiger partial charge in [0.15, 0.2) is 5.96 Å². The van der Waals surface area contributed by atoms with E-state index < -0.39 is 0 Å². The fourth-order valence-corrected chi connectivity index (χ4v) is 1.79. The summed E-state index contributed by atoms with van der Waals surface area (Å²) in [4.78, 5) is 4.15. The van der Waals surface area contributed by atoms with Crippen molar-refractivity contribution >= 4 is 5.96 Å². The van der Waals surface area contributed by atoms with Crippen molar-refractivity contribution < 1.29 is 9.13 Å². The molecule has 0 unspecified atom stereocenters. The van der Waals surface area contributed by atoms with E-state index in [1.165, 1.54) is 12.1 Å². The van der Waals surface area contributed by atoms with Gasteiger partial charge in [0, 0.05) is 26.7 Å². The molecule has 1 rings (SSSR count). The maximum atomic E-state index is 12.8. The lowest BCUT2D eigenvalue weighted by atomic mass is 10.1. The number of ether oxygens (including phenoxy) is 1. The first-order chi connectivity index (χ1) is 10.3. The molecule has 0 saturated carbocycles. The fourth-order valence-electron chi connectivity index (χ4n) is 1.79. The third kappa shape index (κ3) is 8.30. The van der Waals surface area contributed by atoms with Crippen molar-refractivity contribution in [3.63, 3.8) is 0 Å². The molecule has 0 atom stereocenters. The van der Waals surface area contributed by atoms with E-state index >= 15 is 0 Å². The van der Waals surface area contributed by atoms with Crippen molar-refractivity contribution in [2.75, 3.05) is 33.4 Å². The minimum absolute atomic E-state index is 0.202. The molecular weight excluding hydrogens is 269 g/mol. The number of nitrogens with one attached hydrogen (secondary N) is 2. The molecule has 118 valence electrons. The predicted molar refractivity (Wildman–Crippen MR) is 85.2 cm³/mol. The maximum absolute atomic E-state index is 12.8. The molecule has 4 nitrogen and oxygen atoms in total. The zero-order valence-corrected chi connectivity index (χ0v) is 13.0. The van der Waals surface area contributed by atoms with Crippen LogP contribution in [-0.2, 0) is 11.2 Å². The number of hydrogen-bond donors (Lipinski definition) is 2. The van der Waals surface area contributed by atoms with Crippen LogP contribution in [0.1, 0.15) is 25.3 Å². The predicted octanol–water partition coefficient (Wildman–Crippen LogP) is 2.35. The highest BCUT2D eigenvalue weighted by atomic mass is 19.1. The summed E-state index contributed by atoms with van der Waals surface area (Å²) in [6.45, 7) is 5.13. The second kappa shape index (κ2) is 11.1. The standard InChI is InChI=1S/C16H26FN3O/c1-3-4-12-21-13-11-20-16(18-2)19-10-9-14-5-7-15(17)8-6-14/h5-8H,3-4,9-13H2,1-2H3,(H2,18,19,20). The number of aliphatic imine (C=N–C) groups is 1. The largest absolute Gasteiger partial charge is 0.380 e. The summed E-state index contributed by atoms with van der Waals surface area (Å²) >= 11 is 0. The lowest BCUT2D eigenvalue weighted by molar-refractivity contribution is 0.136. The van der Waals surface area contributed by atoms with Crippen LogP contribution in [0.3, 0.4) is 0 Å². The number of hydrogen-bond acceptors (Lipinski definition) is 2. The van der Waals surface area contributed by atoms with Crippen LogP contribution in [0.5, 0.6) is 0 Å². The Hall–Kier alpha value is -1.62. The highest BCUT2D eigenvalue weighted by molar-refractivity contribution is 5.79. The average molecular weight is 295 g/mol. The summed E-state index contributed by atoms with van der Waals surface area (Å²) in [5.74, 6) is 0.559. The molecule has 0 aromatic heterocycles. The van der Waals surface area contributed by atoms with Crippen LogP contribution in [0.25, 0.3) is 0 Å². The first-order valence-electron chi connectivity index (χ1n) is 7.53. The van der Waals surface area contributed by atoms with Crippen molar-refractivity contribution in [2.24, 2.45) is 4.99 Å². The third-order valence-corrected chi connectivity index (χ3v) is 3.02. The van der Waals surface area contributed by atoms with Gasteiger partial charge < -0.3 is 15.4 Å². The van der Waals surface area contributed by atoms with Crippen molar-refractivity contribution in [3.05, 3.63) is 35.6 Å². The molecule has 21 heavy (non-hydrogen) atoms. The van der Waals surface area contributed by atoms with E-state index in [1.54, 1.807) is 19.2 Å². The summed E-state index contributed by atoms with van der Waals surface area (Å²) in [6, 6.07) is 6.57. The Bertz CT molecular complexity index is 406. The quantitative estimate of drug-likeness (QED) is 0.417. The molecule has 1 aromatic carbocycles. The molecule has 0 aliphatic rings. The van der Waals surface area contributed by atoms with Crippen LogP contribution < -0.4 is 10.6 Å². The van der Waals surface area contributed by atoms with E-state index in [0.717, 1.165) is 50.5 Å². The van der Waals surface area contributed by atoms with E-state index in [2.05, 4.69) is 22.5 Å². The molecule has 0 aliphatic carbocycles. The topological polar surface area (TPSA) is 45.6 Å². The molecule has 2 N–H and O–H groups in total. The number of nitrogens with zero attached hydrogens (tertiary/aromatic N) is 1. The molecule has 0 fully saturated rings. The Morgan fingerprint density at radius 2 is 1.86 bits per heavy atom. The fraction of sp³-hybridized carbons (Fsp3) is 0.562. The monoisotopic (exact) mass is 295 g/mol. The van der Waals surface area contributed by atoms with Gasteiger partial charge in [-0.05, 0) is 30.5 Å². The smallest absolute Gasteiger partial charge is 0.191 e. The van der Waals surface area contributed by atoms with Gasteiger partial charge in [-0.2, -0.15) is 0 Å². The maximum Gasteiger partial charge on any atom is 0.191 e. The van der Waals surface area contributed by atoms with Gasteiger partial charge >= 0.3 is 0 Å². The van der Waals surface area contributed by atoms with Crippen LogP contribution in [-0.4, -0.2) is 39.3 Å². The van der Waals surface area contributed by atoms with Crippen molar-refractivity contribution in [3.8, 4) is 0 Å². The molecule has 5 heteroatoms. The first-order valence-corrected chi connectivity index (χ1v) is 7.53. The van der Waals surface area contributed by atoms with E-state index in [1.807, 2.05) is 0 Å². The highest BCUT2D eigenvalue weighted by Gasteiger charge is 1.98. The van der Waals surface area contributed by atoms with Crippen LogP contribution in [0.2, 0.25) is 0 Å². The van der Waals surface area contributed by atoms with Gasteiger partial charge in [-0.3, -0.25) is 4.99 Å². The van der Waals surface area contributed by atoms with Crippen LogP contribution in [0.4, 0.5) is 4.39 Å². The molecule has 0 aliphatic heterocycles. The Morgan fingerprint density at radius 3 is 2.52 bits per heavy atom. The van der Waals surface area contributed by atoms with Crippen molar-refractivity contribution in [1.82, 2.24) is 10.6 Å². The highest BCUT2D eigenvalue weighted by Crippen LogP contribution is 2.02. The minimum atomic E-state index is -0.202. The number of benzene rings is 1. The van der Waals surface area contributed by atoms with Gasteiger partial charge in [0.25, 0.3) is 0 Å². The van der Waals surface area contributed by atoms with Crippen molar-refractivity contribution in [1.29, 1.82) is 0 Å². The van der Waals surface area contributed by atoms with Crippen LogP contribution in [0, 0.1) is 5.82 Å². The second-order valence-corrected chi connectivity index (χ2v) is 4.77. The third-order valence-electron chi connectivity index (χ3n) is 3.02. The Balaban J connectivity index is 2.12. The summed E-state index contributed by atoms with van der Waals surface area (Å²) in [7, 11) is 1.74. The number of halogens is 1. The van der Waals surface area contributed by atoms with Gasteiger partial charge in [-0.15, -0.1) is 0 Å². The van der Waals surface area contributed by atoms with Gasteiger partial charge in [0.2, 0.25) is 0 Å². The van der Waals surface area contributed by atoms with E-state index in [4.69, 9.17) is 4.74 Å². The van der Waals surface area contributed by atoms with Gasteiger partial charge in [-0.1, -0.05) is 25.5 Å².